The second-order valence-electron chi connectivity index (χ2n) is 7.59. The fraction of sp³-hybridized carbons (Fsp3) is 0.200. The van der Waals surface area contributed by atoms with Gasteiger partial charge in [0, 0.05) is 24.6 Å². The molecular weight excluding hydrogens is 390 g/mol. The molecule has 1 amide bonds. The number of ether oxygens (including phenoxy) is 2. The largest absolute Gasteiger partial charge is 0.493 e. The standard InChI is InChI=1S/C25H23N3O3/c1-30-22-14-18-16-27-21(13-17-9-5-3-6-10-17)24(29)28(19-11-7-4-8-12-19)25(27)26-20(18)15-23(22)31-2/h3-12,14-15,21H,13,16H2,1-2H3. The lowest BCUT2D eigenvalue weighted by molar-refractivity contribution is -0.119. The molecule has 1 unspecified atom stereocenters. The fourth-order valence-corrected chi connectivity index (χ4v) is 4.23. The molecule has 6 heteroatoms. The molecule has 2 heterocycles. The zero-order valence-electron chi connectivity index (χ0n) is 17.5. The Labute approximate surface area is 181 Å². The van der Waals surface area contributed by atoms with Crippen molar-refractivity contribution in [2.24, 2.45) is 4.99 Å². The van der Waals surface area contributed by atoms with Crippen LogP contribution in [0.5, 0.6) is 11.5 Å². The maximum absolute atomic E-state index is 13.6. The summed E-state index contributed by atoms with van der Waals surface area (Å²) in [7, 11) is 3.23. The molecule has 0 aromatic heterocycles. The highest BCUT2D eigenvalue weighted by molar-refractivity contribution is 6.24. The average Bonchev–Trinajstić information content (AvgIpc) is 3.08. The maximum atomic E-state index is 13.6. The van der Waals surface area contributed by atoms with Crippen molar-refractivity contribution in [3.63, 3.8) is 0 Å². The number of anilines is 1. The second kappa shape index (κ2) is 7.80. The van der Waals surface area contributed by atoms with Gasteiger partial charge in [0.1, 0.15) is 6.04 Å². The molecule has 0 spiro atoms. The first-order chi connectivity index (χ1) is 15.2. The lowest BCUT2D eigenvalue weighted by atomic mass is 10.0. The summed E-state index contributed by atoms with van der Waals surface area (Å²) in [4.78, 5) is 22.4. The van der Waals surface area contributed by atoms with E-state index in [4.69, 9.17) is 14.5 Å². The van der Waals surface area contributed by atoms with Crippen LogP contribution in [0.4, 0.5) is 11.4 Å². The molecule has 1 fully saturated rings. The number of hydrogen-bond donors (Lipinski definition) is 0. The Morgan fingerprint density at radius 2 is 1.58 bits per heavy atom. The van der Waals surface area contributed by atoms with Crippen LogP contribution in [0, 0.1) is 0 Å². The summed E-state index contributed by atoms with van der Waals surface area (Å²) in [6.07, 6.45) is 0.616. The molecule has 2 aliphatic heterocycles. The molecule has 0 N–H and O–H groups in total. The van der Waals surface area contributed by atoms with Gasteiger partial charge in [-0.1, -0.05) is 48.5 Å². The van der Waals surface area contributed by atoms with Crippen LogP contribution >= 0.6 is 0 Å². The summed E-state index contributed by atoms with van der Waals surface area (Å²) in [5.74, 6) is 1.96. The van der Waals surface area contributed by atoms with E-state index in [1.807, 2.05) is 60.7 Å². The number of guanidine groups is 1. The number of hydrogen-bond acceptors (Lipinski definition) is 5. The van der Waals surface area contributed by atoms with Crippen LogP contribution < -0.4 is 14.4 Å². The summed E-state index contributed by atoms with van der Waals surface area (Å²) >= 11 is 0. The smallest absolute Gasteiger partial charge is 0.257 e. The van der Waals surface area contributed by atoms with E-state index in [0.717, 1.165) is 22.5 Å². The van der Waals surface area contributed by atoms with Gasteiger partial charge in [0.2, 0.25) is 5.96 Å². The van der Waals surface area contributed by atoms with Crippen LogP contribution in [0.15, 0.2) is 77.8 Å². The first-order valence-corrected chi connectivity index (χ1v) is 10.2. The van der Waals surface area contributed by atoms with Gasteiger partial charge in [-0.25, -0.2) is 9.89 Å². The third-order valence-corrected chi connectivity index (χ3v) is 5.77. The van der Waals surface area contributed by atoms with Crippen molar-refractivity contribution in [2.45, 2.75) is 19.0 Å². The zero-order valence-corrected chi connectivity index (χ0v) is 17.5. The van der Waals surface area contributed by atoms with Crippen LogP contribution in [-0.2, 0) is 17.8 Å². The quantitative estimate of drug-likeness (QED) is 0.630. The number of methoxy groups -OCH3 is 2. The topological polar surface area (TPSA) is 54.4 Å². The van der Waals surface area contributed by atoms with Crippen molar-refractivity contribution >= 4 is 23.2 Å². The molecule has 5 rings (SSSR count). The molecule has 6 nitrogen and oxygen atoms in total. The van der Waals surface area contributed by atoms with Gasteiger partial charge >= 0.3 is 0 Å². The minimum Gasteiger partial charge on any atom is -0.493 e. The summed E-state index contributed by atoms with van der Waals surface area (Å²) in [5, 5.41) is 0. The van der Waals surface area contributed by atoms with E-state index in [1.54, 1.807) is 19.1 Å². The third kappa shape index (κ3) is 3.30. The van der Waals surface area contributed by atoms with Gasteiger partial charge in [-0.3, -0.25) is 4.79 Å². The van der Waals surface area contributed by atoms with E-state index >= 15 is 0 Å². The van der Waals surface area contributed by atoms with Crippen molar-refractivity contribution in [3.05, 3.63) is 83.9 Å². The number of carbonyl (C=O) groups is 1. The van der Waals surface area contributed by atoms with Crippen LogP contribution in [0.1, 0.15) is 11.1 Å². The number of aliphatic imine (C=N–C) groups is 1. The van der Waals surface area contributed by atoms with Crippen molar-refractivity contribution in [1.29, 1.82) is 0 Å². The van der Waals surface area contributed by atoms with Crippen molar-refractivity contribution in [3.8, 4) is 11.5 Å². The first kappa shape index (κ1) is 19.2. The highest BCUT2D eigenvalue weighted by Gasteiger charge is 2.45. The molecule has 31 heavy (non-hydrogen) atoms. The van der Waals surface area contributed by atoms with E-state index in [2.05, 4.69) is 17.0 Å². The maximum Gasteiger partial charge on any atom is 0.257 e. The highest BCUT2D eigenvalue weighted by atomic mass is 16.5. The number of nitrogens with zero attached hydrogens (tertiary/aromatic N) is 3. The number of fused-ring (bicyclic) bond motifs is 2. The van der Waals surface area contributed by atoms with E-state index in [-0.39, 0.29) is 11.9 Å². The highest BCUT2D eigenvalue weighted by Crippen LogP contribution is 2.41. The van der Waals surface area contributed by atoms with Gasteiger partial charge in [-0.05, 0) is 23.8 Å². The normalized spacial score (nSPS) is 17.2. The first-order valence-electron chi connectivity index (χ1n) is 10.2. The Balaban J connectivity index is 1.61. The number of rotatable bonds is 5. The van der Waals surface area contributed by atoms with Gasteiger partial charge in [0.25, 0.3) is 5.91 Å². The van der Waals surface area contributed by atoms with E-state index < -0.39 is 0 Å². The summed E-state index contributed by atoms with van der Waals surface area (Å²) in [6, 6.07) is 23.3. The molecule has 1 atom stereocenters. The van der Waals surface area contributed by atoms with E-state index in [0.29, 0.717) is 30.4 Å². The minimum absolute atomic E-state index is 0.0283. The number of amides is 1. The molecule has 3 aromatic rings. The lowest BCUT2D eigenvalue weighted by Gasteiger charge is -2.29. The summed E-state index contributed by atoms with van der Waals surface area (Å²) in [6.45, 7) is 0.571. The Morgan fingerprint density at radius 3 is 2.26 bits per heavy atom. The van der Waals surface area contributed by atoms with Gasteiger partial charge in [-0.2, -0.15) is 0 Å². The number of para-hydroxylation sites is 1. The molecule has 2 aliphatic rings. The third-order valence-electron chi connectivity index (χ3n) is 5.77. The Morgan fingerprint density at radius 1 is 0.935 bits per heavy atom. The predicted molar refractivity (Wildman–Crippen MR) is 120 cm³/mol. The summed E-state index contributed by atoms with van der Waals surface area (Å²) < 4.78 is 10.9. The molecule has 0 aliphatic carbocycles. The Bertz CT molecular complexity index is 1150. The Hall–Kier alpha value is -3.80. The van der Waals surface area contributed by atoms with E-state index in [1.165, 1.54) is 0 Å². The SMILES string of the molecule is COc1cc2c(cc1OC)N=C1N(c3ccccc3)C(=O)C(Cc3ccccc3)N1C2. The number of carbonyl (C=O) groups excluding carboxylic acids is 1. The van der Waals surface area contributed by atoms with Crippen LogP contribution in [0.2, 0.25) is 0 Å². The van der Waals surface area contributed by atoms with Gasteiger partial charge in [-0.15, -0.1) is 0 Å². The van der Waals surface area contributed by atoms with Crippen LogP contribution in [0.25, 0.3) is 0 Å². The summed E-state index contributed by atoms with van der Waals surface area (Å²) in [5.41, 5.74) is 3.73. The fourth-order valence-electron chi connectivity index (χ4n) is 4.23. The molecular formula is C25H23N3O3. The van der Waals surface area contributed by atoms with Gasteiger partial charge < -0.3 is 14.4 Å². The van der Waals surface area contributed by atoms with Crippen molar-refractivity contribution in [2.75, 3.05) is 19.1 Å². The average molecular weight is 413 g/mol. The van der Waals surface area contributed by atoms with E-state index in [9.17, 15) is 4.79 Å². The van der Waals surface area contributed by atoms with Crippen molar-refractivity contribution < 1.29 is 14.3 Å². The van der Waals surface area contributed by atoms with Crippen LogP contribution in [0.3, 0.4) is 0 Å². The zero-order chi connectivity index (χ0) is 21.4. The monoisotopic (exact) mass is 413 g/mol. The Kier molecular flexibility index (Phi) is 4.82. The lowest BCUT2D eigenvalue weighted by Crippen LogP contribution is -2.38. The molecule has 0 bridgehead atoms. The van der Waals surface area contributed by atoms with Crippen LogP contribution in [-0.4, -0.2) is 37.0 Å². The molecule has 0 radical (unpaired) electrons. The molecule has 3 aromatic carbocycles. The molecule has 156 valence electrons. The number of benzene rings is 3. The minimum atomic E-state index is -0.331. The molecule has 0 saturated carbocycles. The van der Waals surface area contributed by atoms with Gasteiger partial charge in [0.05, 0.1) is 25.6 Å². The van der Waals surface area contributed by atoms with Crippen molar-refractivity contribution in [1.82, 2.24) is 4.90 Å². The van der Waals surface area contributed by atoms with Gasteiger partial charge in [0.15, 0.2) is 11.5 Å². The predicted octanol–water partition coefficient (Wildman–Crippen LogP) is 4.17. The second-order valence-corrected chi connectivity index (χ2v) is 7.59. The molecule has 1 saturated heterocycles.